The minimum atomic E-state index is -0.210. The predicted octanol–water partition coefficient (Wildman–Crippen LogP) is 1.21. The average Bonchev–Trinajstić information content (AvgIpc) is 2.34. The van der Waals surface area contributed by atoms with E-state index in [1.807, 2.05) is 24.3 Å². The lowest BCUT2D eigenvalue weighted by molar-refractivity contribution is -0.127. The molecule has 0 unspecified atom stereocenters. The minimum Gasteiger partial charge on any atom is -0.392 e. The zero-order chi connectivity index (χ0) is 13.4. The van der Waals surface area contributed by atoms with Gasteiger partial charge in [-0.05, 0) is 30.9 Å². The lowest BCUT2D eigenvalue weighted by Gasteiger charge is -2.05. The van der Waals surface area contributed by atoms with E-state index in [1.54, 1.807) is 0 Å². The van der Waals surface area contributed by atoms with Crippen LogP contribution in [-0.4, -0.2) is 23.3 Å². The molecule has 1 rings (SSSR count). The molecule has 0 heterocycles. The van der Waals surface area contributed by atoms with Gasteiger partial charge in [0.05, 0.1) is 13.0 Å². The molecule has 0 radical (unpaired) electrons. The van der Waals surface area contributed by atoms with E-state index < -0.39 is 0 Å². The lowest BCUT2D eigenvalue weighted by Crippen LogP contribution is -2.26. The Morgan fingerprint density at radius 2 is 1.78 bits per heavy atom. The molecule has 1 aromatic carbocycles. The lowest BCUT2D eigenvalue weighted by atomic mass is 10.1. The normalized spacial score (nSPS) is 10.1. The molecule has 0 saturated carbocycles. The van der Waals surface area contributed by atoms with Crippen molar-refractivity contribution in [2.75, 3.05) is 6.54 Å². The van der Waals surface area contributed by atoms with E-state index in [0.29, 0.717) is 6.54 Å². The van der Waals surface area contributed by atoms with Crippen LogP contribution in [0.15, 0.2) is 24.3 Å². The monoisotopic (exact) mass is 249 g/mol. The van der Waals surface area contributed by atoms with E-state index in [9.17, 15) is 9.59 Å². The molecule has 1 aromatic rings. The second-order valence-electron chi connectivity index (χ2n) is 4.31. The van der Waals surface area contributed by atoms with Crippen LogP contribution in [0.2, 0.25) is 0 Å². The van der Waals surface area contributed by atoms with E-state index >= 15 is 0 Å². The average molecular weight is 249 g/mol. The largest absolute Gasteiger partial charge is 0.392 e. The summed E-state index contributed by atoms with van der Waals surface area (Å²) in [5, 5.41) is 11.6. The molecule has 0 aromatic heterocycles. The molecule has 0 fully saturated rings. The molecule has 1 amide bonds. The fourth-order valence-electron chi connectivity index (χ4n) is 1.62. The van der Waals surface area contributed by atoms with Gasteiger partial charge >= 0.3 is 0 Å². The van der Waals surface area contributed by atoms with Crippen LogP contribution < -0.4 is 5.32 Å². The van der Waals surface area contributed by atoms with Crippen molar-refractivity contribution in [1.82, 2.24) is 5.32 Å². The second kappa shape index (κ2) is 7.61. The molecule has 0 bridgehead atoms. The van der Waals surface area contributed by atoms with Crippen molar-refractivity contribution >= 4 is 11.7 Å². The molecular formula is C14H19NO3. The fourth-order valence-corrected chi connectivity index (χ4v) is 1.62. The highest BCUT2D eigenvalue weighted by molar-refractivity contribution is 5.96. The Morgan fingerprint density at radius 1 is 1.17 bits per heavy atom. The van der Waals surface area contributed by atoms with Gasteiger partial charge in [-0.1, -0.05) is 24.3 Å². The van der Waals surface area contributed by atoms with Gasteiger partial charge in [0.2, 0.25) is 5.91 Å². The van der Waals surface area contributed by atoms with Crippen LogP contribution in [0.4, 0.5) is 0 Å². The first-order chi connectivity index (χ1) is 8.61. The highest BCUT2D eigenvalue weighted by Crippen LogP contribution is 2.06. The van der Waals surface area contributed by atoms with Gasteiger partial charge < -0.3 is 10.4 Å². The summed E-state index contributed by atoms with van der Waals surface area (Å²) in [5.41, 5.74) is 2.07. The molecule has 4 heteroatoms. The number of benzene rings is 1. The molecule has 2 N–H and O–H groups in total. The SMILES string of the molecule is CC(=O)CC(=O)NCCCc1ccc(CO)cc1. The molecule has 0 saturated heterocycles. The van der Waals surface area contributed by atoms with Crippen molar-refractivity contribution in [3.8, 4) is 0 Å². The van der Waals surface area contributed by atoms with Gasteiger partial charge in [-0.3, -0.25) is 9.59 Å². The van der Waals surface area contributed by atoms with Gasteiger partial charge in [-0.2, -0.15) is 0 Å². The van der Waals surface area contributed by atoms with Gasteiger partial charge in [-0.15, -0.1) is 0 Å². The summed E-state index contributed by atoms with van der Waals surface area (Å²) in [6.45, 7) is 2.04. The summed E-state index contributed by atoms with van der Waals surface area (Å²) in [5.74, 6) is -0.328. The minimum absolute atomic E-state index is 0.0365. The summed E-state index contributed by atoms with van der Waals surface area (Å²) >= 11 is 0. The number of hydrogen-bond donors (Lipinski definition) is 2. The number of rotatable bonds is 7. The molecule has 0 aliphatic rings. The molecule has 0 aliphatic carbocycles. The first-order valence-electron chi connectivity index (χ1n) is 6.06. The van der Waals surface area contributed by atoms with E-state index in [2.05, 4.69) is 5.32 Å². The second-order valence-corrected chi connectivity index (χ2v) is 4.31. The number of ketones is 1. The van der Waals surface area contributed by atoms with E-state index in [4.69, 9.17) is 5.11 Å². The first kappa shape index (κ1) is 14.4. The van der Waals surface area contributed by atoms with Crippen LogP contribution in [0.25, 0.3) is 0 Å². The molecule has 0 spiro atoms. The van der Waals surface area contributed by atoms with Crippen molar-refractivity contribution in [2.24, 2.45) is 0 Å². The Bertz CT molecular complexity index is 398. The summed E-state index contributed by atoms with van der Waals surface area (Å²) < 4.78 is 0. The number of hydrogen-bond acceptors (Lipinski definition) is 3. The van der Waals surface area contributed by atoms with E-state index in [-0.39, 0.29) is 24.7 Å². The van der Waals surface area contributed by atoms with E-state index in [1.165, 1.54) is 12.5 Å². The number of carbonyl (C=O) groups excluding carboxylic acids is 2. The molecule has 18 heavy (non-hydrogen) atoms. The molecule has 0 atom stereocenters. The van der Waals surface area contributed by atoms with Gasteiger partial charge in [0, 0.05) is 6.54 Å². The van der Waals surface area contributed by atoms with Crippen LogP contribution in [0.1, 0.15) is 30.9 Å². The topological polar surface area (TPSA) is 66.4 Å². The summed E-state index contributed by atoms with van der Waals surface area (Å²) in [7, 11) is 0. The summed E-state index contributed by atoms with van der Waals surface area (Å²) in [6, 6.07) is 7.74. The van der Waals surface area contributed by atoms with Crippen LogP contribution in [0.5, 0.6) is 0 Å². The molecular weight excluding hydrogens is 230 g/mol. The summed E-state index contributed by atoms with van der Waals surface area (Å²) in [6.07, 6.45) is 1.67. The Morgan fingerprint density at radius 3 is 2.33 bits per heavy atom. The van der Waals surface area contributed by atoms with Crippen LogP contribution >= 0.6 is 0 Å². The zero-order valence-electron chi connectivity index (χ0n) is 10.6. The van der Waals surface area contributed by atoms with Crippen molar-refractivity contribution in [1.29, 1.82) is 0 Å². The number of Topliss-reactive ketones (excluding diaryl/α,β-unsaturated/α-hetero) is 1. The number of aliphatic hydroxyl groups excluding tert-OH is 1. The maximum Gasteiger partial charge on any atom is 0.227 e. The quantitative estimate of drug-likeness (QED) is 0.564. The Labute approximate surface area is 107 Å². The van der Waals surface area contributed by atoms with Gasteiger partial charge in [0.25, 0.3) is 0 Å². The molecule has 4 nitrogen and oxygen atoms in total. The van der Waals surface area contributed by atoms with Crippen LogP contribution in [0.3, 0.4) is 0 Å². The van der Waals surface area contributed by atoms with Crippen molar-refractivity contribution in [3.05, 3.63) is 35.4 Å². The van der Waals surface area contributed by atoms with Gasteiger partial charge in [-0.25, -0.2) is 0 Å². The first-order valence-corrected chi connectivity index (χ1v) is 6.06. The maximum atomic E-state index is 11.2. The third-order valence-corrected chi connectivity index (χ3v) is 2.58. The highest BCUT2D eigenvalue weighted by atomic mass is 16.3. The zero-order valence-corrected chi connectivity index (χ0v) is 10.6. The van der Waals surface area contributed by atoms with Crippen molar-refractivity contribution < 1.29 is 14.7 Å². The fraction of sp³-hybridized carbons (Fsp3) is 0.429. The maximum absolute atomic E-state index is 11.2. The molecule has 98 valence electrons. The van der Waals surface area contributed by atoms with Crippen LogP contribution in [-0.2, 0) is 22.6 Å². The smallest absolute Gasteiger partial charge is 0.227 e. The number of nitrogens with one attached hydrogen (secondary N) is 1. The number of carbonyl (C=O) groups is 2. The third kappa shape index (κ3) is 5.59. The molecule has 0 aliphatic heterocycles. The number of aliphatic hydroxyl groups is 1. The Hall–Kier alpha value is -1.68. The third-order valence-electron chi connectivity index (χ3n) is 2.58. The Balaban J connectivity index is 2.21. The van der Waals surface area contributed by atoms with Gasteiger partial charge in [0.15, 0.2) is 0 Å². The predicted molar refractivity (Wildman–Crippen MR) is 69.0 cm³/mol. The summed E-state index contributed by atoms with van der Waals surface area (Å²) in [4.78, 5) is 21.9. The van der Waals surface area contributed by atoms with Crippen molar-refractivity contribution in [2.45, 2.75) is 32.8 Å². The Kier molecular flexibility index (Phi) is 6.08. The van der Waals surface area contributed by atoms with Crippen LogP contribution in [0, 0.1) is 0 Å². The van der Waals surface area contributed by atoms with E-state index in [0.717, 1.165) is 18.4 Å². The van der Waals surface area contributed by atoms with Crippen molar-refractivity contribution in [3.63, 3.8) is 0 Å². The number of aryl methyl sites for hydroxylation is 1. The number of amides is 1. The highest BCUT2D eigenvalue weighted by Gasteiger charge is 2.03. The standard InChI is InChI=1S/C14H19NO3/c1-11(17)9-14(18)15-8-2-3-12-4-6-13(10-16)7-5-12/h4-7,16H,2-3,8-10H2,1H3,(H,15,18). The van der Waals surface area contributed by atoms with Gasteiger partial charge in [0.1, 0.15) is 5.78 Å².